The van der Waals surface area contributed by atoms with Gasteiger partial charge in [-0.2, -0.15) is 0 Å². The molecule has 0 saturated carbocycles. The Hall–Kier alpha value is -3.59. The Bertz CT molecular complexity index is 1060. The second-order valence-corrected chi connectivity index (χ2v) is 6.65. The van der Waals surface area contributed by atoms with Crippen LogP contribution in [0.1, 0.15) is 27.8 Å². The maximum Gasteiger partial charge on any atom is 0.513 e. The van der Waals surface area contributed by atoms with Gasteiger partial charge >= 0.3 is 6.16 Å². The molecule has 0 aliphatic carbocycles. The summed E-state index contributed by atoms with van der Waals surface area (Å²) in [5.41, 5.74) is 1.15. The number of para-hydroxylation sites is 2. The topological polar surface area (TPSA) is 107 Å². The maximum absolute atomic E-state index is 12.6. The predicted octanol–water partition coefficient (Wildman–Crippen LogP) is 5.08. The Morgan fingerprint density at radius 2 is 1.53 bits per heavy atom. The molecule has 3 rings (SSSR count). The molecule has 1 aromatic heterocycles. The zero-order chi connectivity index (χ0) is 21.5. The molecule has 154 valence electrons. The van der Waals surface area contributed by atoms with E-state index in [-0.39, 0.29) is 18.1 Å². The number of ether oxygens (including phenoxy) is 2. The number of anilines is 2. The molecular weight excluding hydrogens is 456 g/mol. The Kier molecular flexibility index (Phi) is 6.87. The molecule has 9 heteroatoms. The van der Waals surface area contributed by atoms with Gasteiger partial charge in [-0.3, -0.25) is 9.59 Å². The molecule has 0 unspecified atom stereocenters. The van der Waals surface area contributed by atoms with E-state index in [0.717, 1.165) is 0 Å². The third-order valence-corrected chi connectivity index (χ3v) is 4.23. The summed E-state index contributed by atoms with van der Waals surface area (Å²) in [4.78, 5) is 36.2. The first kappa shape index (κ1) is 21.1. The van der Waals surface area contributed by atoms with Gasteiger partial charge in [0, 0.05) is 5.56 Å². The lowest BCUT2D eigenvalue weighted by Crippen LogP contribution is -2.16. The summed E-state index contributed by atoms with van der Waals surface area (Å²) in [6.45, 7) is 1.87. The fraction of sp³-hybridized carbons (Fsp3) is 0.0952. The maximum atomic E-state index is 12.6. The van der Waals surface area contributed by atoms with Crippen molar-refractivity contribution in [2.24, 2.45) is 0 Å². The van der Waals surface area contributed by atoms with Crippen LogP contribution in [0.15, 0.2) is 69.8 Å². The average molecular weight is 473 g/mol. The predicted molar refractivity (Wildman–Crippen MR) is 113 cm³/mol. The Morgan fingerprint density at radius 3 is 2.10 bits per heavy atom. The molecule has 8 nitrogen and oxygen atoms in total. The van der Waals surface area contributed by atoms with Crippen LogP contribution in [0.2, 0.25) is 0 Å². The minimum Gasteiger partial charge on any atom is -0.444 e. The second kappa shape index (κ2) is 9.75. The molecule has 3 aromatic rings. The summed E-state index contributed by atoms with van der Waals surface area (Å²) in [7, 11) is 0. The summed E-state index contributed by atoms with van der Waals surface area (Å²) in [5, 5.41) is 5.44. The fourth-order valence-electron chi connectivity index (χ4n) is 2.43. The van der Waals surface area contributed by atoms with E-state index < -0.39 is 18.0 Å². The molecule has 0 aliphatic heterocycles. The molecule has 0 bridgehead atoms. The molecule has 0 atom stereocenters. The van der Waals surface area contributed by atoms with Gasteiger partial charge in [0.15, 0.2) is 10.4 Å². The van der Waals surface area contributed by atoms with Gasteiger partial charge < -0.3 is 24.5 Å². The molecule has 0 radical (unpaired) electrons. The van der Waals surface area contributed by atoms with Crippen LogP contribution in [0.3, 0.4) is 0 Å². The number of halogens is 1. The first-order valence-corrected chi connectivity index (χ1v) is 9.67. The first-order chi connectivity index (χ1) is 14.5. The van der Waals surface area contributed by atoms with Crippen LogP contribution in [0.4, 0.5) is 16.2 Å². The van der Waals surface area contributed by atoms with Crippen LogP contribution < -0.4 is 15.4 Å². The molecule has 0 aliphatic rings. The van der Waals surface area contributed by atoms with Gasteiger partial charge in [0.1, 0.15) is 5.75 Å². The van der Waals surface area contributed by atoms with E-state index in [0.29, 0.717) is 21.6 Å². The standard InChI is InChI=1S/C21H17BrN2O6/c1-2-28-21(27)29-14-9-7-13(8-10-14)19(25)23-15-5-3-4-6-16(15)24-20(26)17-11-12-18(22)30-17/h3-12H,2H2,1H3,(H,23,25)(H,24,26). The number of hydrogen-bond acceptors (Lipinski definition) is 6. The monoisotopic (exact) mass is 472 g/mol. The normalized spacial score (nSPS) is 10.2. The number of nitrogens with one attached hydrogen (secondary N) is 2. The van der Waals surface area contributed by atoms with Crippen molar-refractivity contribution in [1.82, 2.24) is 0 Å². The number of carbonyl (C=O) groups excluding carboxylic acids is 3. The van der Waals surface area contributed by atoms with E-state index >= 15 is 0 Å². The quantitative estimate of drug-likeness (QED) is 0.382. The molecular formula is C21H17BrN2O6. The van der Waals surface area contributed by atoms with Crippen molar-refractivity contribution in [3.63, 3.8) is 0 Å². The molecule has 30 heavy (non-hydrogen) atoms. The highest BCUT2D eigenvalue weighted by molar-refractivity contribution is 9.10. The summed E-state index contributed by atoms with van der Waals surface area (Å²) in [6, 6.07) is 15.9. The molecule has 2 N–H and O–H groups in total. The largest absolute Gasteiger partial charge is 0.513 e. The average Bonchev–Trinajstić information content (AvgIpc) is 3.16. The number of hydrogen-bond donors (Lipinski definition) is 2. The third kappa shape index (κ3) is 5.48. The van der Waals surface area contributed by atoms with Crippen LogP contribution in [0, 0.1) is 0 Å². The highest BCUT2D eigenvalue weighted by atomic mass is 79.9. The minimum atomic E-state index is -0.817. The number of benzene rings is 2. The number of amides is 2. The van der Waals surface area contributed by atoms with Crippen LogP contribution in [-0.2, 0) is 4.74 Å². The lowest BCUT2D eigenvalue weighted by atomic mass is 10.2. The third-order valence-electron chi connectivity index (χ3n) is 3.80. The van der Waals surface area contributed by atoms with E-state index in [1.807, 2.05) is 0 Å². The number of furan rings is 1. The minimum absolute atomic E-state index is 0.125. The lowest BCUT2D eigenvalue weighted by molar-refractivity contribution is 0.0991. The van der Waals surface area contributed by atoms with E-state index in [9.17, 15) is 14.4 Å². The second-order valence-electron chi connectivity index (χ2n) is 5.87. The van der Waals surface area contributed by atoms with Crippen LogP contribution in [-0.4, -0.2) is 24.6 Å². The van der Waals surface area contributed by atoms with Crippen molar-refractivity contribution >= 4 is 45.3 Å². The molecule has 1 heterocycles. The van der Waals surface area contributed by atoms with Crippen LogP contribution in [0.5, 0.6) is 5.75 Å². The van der Waals surface area contributed by atoms with Crippen LogP contribution in [0.25, 0.3) is 0 Å². The van der Waals surface area contributed by atoms with Gasteiger partial charge in [0.2, 0.25) is 0 Å². The number of carbonyl (C=O) groups is 3. The Labute approximate surface area is 180 Å². The molecule has 2 aromatic carbocycles. The molecule has 0 saturated heterocycles. The van der Waals surface area contributed by atoms with E-state index in [4.69, 9.17) is 13.9 Å². The molecule has 0 spiro atoms. The summed E-state index contributed by atoms with van der Waals surface area (Å²) < 4.78 is 15.3. The SMILES string of the molecule is CCOC(=O)Oc1ccc(C(=O)Nc2ccccc2NC(=O)c2ccc(Br)o2)cc1. The van der Waals surface area contributed by atoms with Crippen molar-refractivity contribution < 1.29 is 28.3 Å². The Morgan fingerprint density at radius 1 is 0.900 bits per heavy atom. The summed E-state index contributed by atoms with van der Waals surface area (Å²) in [5.74, 6) is -0.481. The van der Waals surface area contributed by atoms with Gasteiger partial charge in [0.05, 0.1) is 18.0 Å². The summed E-state index contributed by atoms with van der Waals surface area (Å²) in [6.07, 6.45) is -0.817. The van der Waals surface area contributed by atoms with E-state index in [2.05, 4.69) is 26.6 Å². The smallest absolute Gasteiger partial charge is 0.444 e. The number of rotatable bonds is 6. The van der Waals surface area contributed by atoms with Gasteiger partial charge in [-0.05, 0) is 71.4 Å². The van der Waals surface area contributed by atoms with Gasteiger partial charge in [0.25, 0.3) is 11.8 Å². The summed E-state index contributed by atoms with van der Waals surface area (Å²) >= 11 is 3.15. The molecule has 2 amide bonds. The molecule has 0 fully saturated rings. The fourth-order valence-corrected chi connectivity index (χ4v) is 2.74. The van der Waals surface area contributed by atoms with Crippen molar-refractivity contribution in [3.8, 4) is 5.75 Å². The van der Waals surface area contributed by atoms with Gasteiger partial charge in [-0.15, -0.1) is 0 Å². The lowest BCUT2D eigenvalue weighted by Gasteiger charge is -2.12. The zero-order valence-corrected chi connectivity index (χ0v) is 17.4. The van der Waals surface area contributed by atoms with Crippen molar-refractivity contribution in [1.29, 1.82) is 0 Å². The highest BCUT2D eigenvalue weighted by Crippen LogP contribution is 2.24. The first-order valence-electron chi connectivity index (χ1n) is 8.88. The van der Waals surface area contributed by atoms with Crippen molar-refractivity contribution in [2.75, 3.05) is 17.2 Å². The van der Waals surface area contributed by atoms with Gasteiger partial charge in [-0.25, -0.2) is 4.79 Å². The zero-order valence-electron chi connectivity index (χ0n) is 15.8. The Balaban J connectivity index is 1.68. The highest BCUT2D eigenvalue weighted by Gasteiger charge is 2.15. The van der Waals surface area contributed by atoms with Crippen molar-refractivity contribution in [3.05, 3.63) is 76.7 Å². The van der Waals surface area contributed by atoms with Crippen LogP contribution >= 0.6 is 15.9 Å². The van der Waals surface area contributed by atoms with E-state index in [1.165, 1.54) is 30.3 Å². The van der Waals surface area contributed by atoms with Crippen molar-refractivity contribution in [2.45, 2.75) is 6.92 Å². The van der Waals surface area contributed by atoms with Gasteiger partial charge in [-0.1, -0.05) is 12.1 Å². The van der Waals surface area contributed by atoms with E-state index in [1.54, 1.807) is 37.3 Å².